The summed E-state index contributed by atoms with van der Waals surface area (Å²) in [6.07, 6.45) is 14.6. The van der Waals surface area contributed by atoms with E-state index in [0.717, 1.165) is 44.1 Å². The van der Waals surface area contributed by atoms with E-state index in [0.29, 0.717) is 36.5 Å². The molecule has 199 valence electrons. The number of aliphatic carboxylic acids is 1. The van der Waals surface area contributed by atoms with Gasteiger partial charge in [-0.3, -0.25) is 9.59 Å². The molecule has 36 heavy (non-hydrogen) atoms. The van der Waals surface area contributed by atoms with E-state index in [1.165, 1.54) is 31.9 Å². The quantitative estimate of drug-likeness (QED) is 0.142. The number of hydrogen-bond acceptors (Lipinski definition) is 4. The Kier molecular flexibility index (Phi) is 16.0. The minimum atomic E-state index is -2.73. The van der Waals surface area contributed by atoms with Crippen LogP contribution >= 0.6 is 11.6 Å². The Bertz CT molecular complexity index is 819. The van der Waals surface area contributed by atoms with E-state index < -0.39 is 23.4 Å². The number of carbonyl (C=O) groups is 3. The number of halogens is 1. The first-order valence-corrected chi connectivity index (χ1v) is 13.4. The first-order chi connectivity index (χ1) is 17.2. The van der Waals surface area contributed by atoms with E-state index in [1.807, 2.05) is 12.1 Å². The normalized spacial score (nSPS) is 13.9. The Balaban J connectivity index is 2.36. The van der Waals surface area contributed by atoms with Crippen molar-refractivity contribution in [1.82, 2.24) is 5.32 Å². The zero-order valence-electron chi connectivity index (χ0n) is 21.4. The second kappa shape index (κ2) is 18.1. The molecule has 7 heteroatoms. The molecule has 0 saturated carbocycles. The lowest BCUT2D eigenvalue weighted by molar-refractivity contribution is -0.160. The molecule has 2 atom stereocenters. The van der Waals surface area contributed by atoms with E-state index in [1.54, 1.807) is 18.2 Å². The predicted octanol–water partition coefficient (Wildman–Crippen LogP) is 6.13. The van der Waals surface area contributed by atoms with Crippen LogP contribution in [0.4, 0.5) is 0 Å². The highest BCUT2D eigenvalue weighted by atomic mass is 35.5. The Morgan fingerprint density at radius 2 is 1.58 bits per heavy atom. The Labute approximate surface area is 221 Å². The molecule has 0 aliphatic rings. The summed E-state index contributed by atoms with van der Waals surface area (Å²) in [5.41, 5.74) is -1.83. The van der Waals surface area contributed by atoms with Crippen molar-refractivity contribution in [3.63, 3.8) is 0 Å². The van der Waals surface area contributed by atoms with E-state index >= 15 is 0 Å². The fourth-order valence-corrected chi connectivity index (χ4v) is 3.89. The van der Waals surface area contributed by atoms with Crippen molar-refractivity contribution in [2.75, 3.05) is 0 Å². The maximum atomic E-state index is 12.6. The van der Waals surface area contributed by atoms with Crippen molar-refractivity contribution in [3.8, 4) is 0 Å². The van der Waals surface area contributed by atoms with Crippen molar-refractivity contribution in [1.29, 1.82) is 0 Å². The molecule has 0 aromatic heterocycles. The predicted molar refractivity (Wildman–Crippen MR) is 143 cm³/mol. The summed E-state index contributed by atoms with van der Waals surface area (Å²) < 4.78 is 0. The largest absolute Gasteiger partial charge is 0.479 e. The van der Waals surface area contributed by atoms with Crippen molar-refractivity contribution in [3.05, 3.63) is 60.5 Å². The SMILES string of the molecule is [CH][C@@](O)(C(=O)O)[C@H](/C=C/CCCCCCC(=O)CCCCCCC)C(=O)N[CH]Cc1ccc(Cl)cc1. The second-order valence-corrected chi connectivity index (χ2v) is 9.67. The maximum absolute atomic E-state index is 12.6. The van der Waals surface area contributed by atoms with Crippen molar-refractivity contribution < 1.29 is 24.6 Å². The van der Waals surface area contributed by atoms with Gasteiger partial charge in [0.05, 0.1) is 12.5 Å². The number of carboxylic acid groups (broad SMARTS) is 1. The first-order valence-electron chi connectivity index (χ1n) is 13.0. The molecular formula is C29H41ClNO5. The van der Waals surface area contributed by atoms with Gasteiger partial charge in [-0.25, -0.2) is 4.79 Å². The highest BCUT2D eigenvalue weighted by Gasteiger charge is 2.42. The second-order valence-electron chi connectivity index (χ2n) is 9.24. The lowest BCUT2D eigenvalue weighted by Gasteiger charge is -2.25. The topological polar surface area (TPSA) is 104 Å². The zero-order valence-corrected chi connectivity index (χ0v) is 22.1. The number of unbranched alkanes of at least 4 members (excludes halogenated alkanes) is 8. The lowest BCUT2D eigenvalue weighted by Crippen LogP contribution is -2.49. The molecular weight excluding hydrogens is 478 g/mol. The third-order valence-corrected chi connectivity index (χ3v) is 6.31. The fraction of sp³-hybridized carbons (Fsp3) is 0.552. The highest BCUT2D eigenvalue weighted by Crippen LogP contribution is 2.21. The molecule has 1 rings (SSSR count). The van der Waals surface area contributed by atoms with E-state index in [-0.39, 0.29) is 0 Å². The number of carbonyl (C=O) groups excluding carboxylic acids is 2. The highest BCUT2D eigenvalue weighted by molar-refractivity contribution is 6.30. The monoisotopic (exact) mass is 518 g/mol. The number of hydrogen-bond donors (Lipinski definition) is 3. The number of amides is 1. The number of carboxylic acids is 1. The van der Waals surface area contributed by atoms with Crippen LogP contribution in [0, 0.1) is 19.4 Å². The first kappa shape index (κ1) is 31.8. The Morgan fingerprint density at radius 1 is 1.00 bits per heavy atom. The summed E-state index contributed by atoms with van der Waals surface area (Å²) in [6.45, 7) is 9.21. The Morgan fingerprint density at radius 3 is 2.17 bits per heavy atom. The summed E-state index contributed by atoms with van der Waals surface area (Å²) >= 11 is 5.86. The van der Waals surface area contributed by atoms with E-state index in [2.05, 4.69) is 12.2 Å². The molecule has 0 spiro atoms. The van der Waals surface area contributed by atoms with Crippen LogP contribution < -0.4 is 5.32 Å². The Hall–Kier alpha value is -2.18. The molecule has 0 aliphatic carbocycles. The molecule has 0 heterocycles. The number of benzene rings is 1. The molecule has 6 nitrogen and oxygen atoms in total. The molecule has 1 amide bonds. The molecule has 3 N–H and O–H groups in total. The summed E-state index contributed by atoms with van der Waals surface area (Å²) in [6, 6.07) is 7.08. The van der Waals surface area contributed by atoms with E-state index in [9.17, 15) is 24.6 Å². The van der Waals surface area contributed by atoms with Crippen LogP contribution in [0.15, 0.2) is 36.4 Å². The molecule has 3 radical (unpaired) electrons. The van der Waals surface area contributed by atoms with Crippen molar-refractivity contribution >= 4 is 29.3 Å². The molecule has 0 saturated heterocycles. The van der Waals surface area contributed by atoms with Crippen LogP contribution in [-0.2, 0) is 20.8 Å². The molecule has 0 unspecified atom stereocenters. The van der Waals surface area contributed by atoms with Gasteiger partial charge < -0.3 is 15.5 Å². The molecule has 0 bridgehead atoms. The van der Waals surface area contributed by atoms with Crippen molar-refractivity contribution in [2.45, 2.75) is 96.0 Å². The number of allylic oxidation sites excluding steroid dienone is 1. The van der Waals surface area contributed by atoms with Crippen LogP contribution in [0.5, 0.6) is 0 Å². The minimum Gasteiger partial charge on any atom is -0.479 e. The minimum absolute atomic E-state index is 0.337. The number of Topliss-reactive ketones (excluding diaryl/α,β-unsaturated/α-hetero) is 1. The summed E-state index contributed by atoms with van der Waals surface area (Å²) in [5.74, 6) is -3.50. The van der Waals surface area contributed by atoms with Crippen LogP contribution in [0.3, 0.4) is 0 Å². The van der Waals surface area contributed by atoms with Gasteiger partial charge in [-0.1, -0.05) is 81.3 Å². The number of rotatable bonds is 20. The average Bonchev–Trinajstić information content (AvgIpc) is 2.83. The van der Waals surface area contributed by atoms with Gasteiger partial charge in [-0.2, -0.15) is 0 Å². The molecule has 0 aliphatic heterocycles. The third-order valence-electron chi connectivity index (χ3n) is 6.06. The average molecular weight is 519 g/mol. The van der Waals surface area contributed by atoms with Gasteiger partial charge in [0.15, 0.2) is 5.60 Å². The van der Waals surface area contributed by atoms with Crippen molar-refractivity contribution in [2.24, 2.45) is 5.92 Å². The van der Waals surface area contributed by atoms with Crippen LogP contribution in [0.2, 0.25) is 5.02 Å². The number of ketones is 1. The van der Waals surface area contributed by atoms with Crippen LogP contribution in [0.1, 0.15) is 89.5 Å². The lowest BCUT2D eigenvalue weighted by atomic mass is 9.87. The summed E-state index contributed by atoms with van der Waals surface area (Å²) in [4.78, 5) is 35.9. The third kappa shape index (κ3) is 13.2. The van der Waals surface area contributed by atoms with Gasteiger partial charge in [0.25, 0.3) is 0 Å². The zero-order chi connectivity index (χ0) is 26.8. The van der Waals surface area contributed by atoms with E-state index in [4.69, 9.17) is 18.5 Å². The summed E-state index contributed by atoms with van der Waals surface area (Å²) in [7, 11) is 0. The molecule has 1 aromatic carbocycles. The fourth-order valence-electron chi connectivity index (χ4n) is 3.77. The molecule has 1 aromatic rings. The van der Waals surface area contributed by atoms with Crippen LogP contribution in [-0.4, -0.2) is 33.5 Å². The van der Waals surface area contributed by atoms with Gasteiger partial charge in [-0.05, 0) is 49.8 Å². The van der Waals surface area contributed by atoms with Gasteiger partial charge in [0, 0.05) is 24.8 Å². The van der Waals surface area contributed by atoms with Gasteiger partial charge >= 0.3 is 5.97 Å². The van der Waals surface area contributed by atoms with Gasteiger partial charge in [0.2, 0.25) is 5.91 Å². The molecule has 0 fully saturated rings. The number of nitrogens with one attached hydrogen (secondary N) is 1. The number of aliphatic hydroxyl groups is 1. The maximum Gasteiger partial charge on any atom is 0.337 e. The van der Waals surface area contributed by atoms with Gasteiger partial charge in [-0.15, -0.1) is 0 Å². The standard InChI is InChI=1S/C29H41ClNO5/c1-3-4-5-8-11-14-25(32)15-12-9-6-7-10-13-16-26(29(2,36)28(34)35)27(33)31-22-21-23-17-19-24(30)20-18-23/h2,13,16-20,22,26,36H,3-12,14-15,21H2,1H3,(H,31,33)(H,34,35)/b16-13+/t26-,29+/m1/s1. The van der Waals surface area contributed by atoms with Crippen LogP contribution in [0.25, 0.3) is 0 Å². The summed E-state index contributed by atoms with van der Waals surface area (Å²) in [5, 5.41) is 22.6. The van der Waals surface area contributed by atoms with Gasteiger partial charge in [0.1, 0.15) is 5.78 Å². The smallest absolute Gasteiger partial charge is 0.337 e.